The van der Waals surface area contributed by atoms with Crippen LogP contribution < -0.4 is 4.57 Å². The molecule has 0 unspecified atom stereocenters. The van der Waals surface area contributed by atoms with Crippen LogP contribution >= 0.6 is 11.6 Å². The minimum atomic E-state index is -0.366. The molecule has 0 amide bonds. The minimum absolute atomic E-state index is 0.350. The van der Waals surface area contributed by atoms with Gasteiger partial charge in [0.2, 0.25) is 0 Å². The highest BCUT2D eigenvalue weighted by atomic mass is 35.5. The summed E-state index contributed by atoms with van der Waals surface area (Å²) in [7, 11) is 1.95. The van der Waals surface area contributed by atoms with Crippen molar-refractivity contribution in [2.45, 2.75) is 19.4 Å². The van der Waals surface area contributed by atoms with Crippen LogP contribution in [0.25, 0.3) is 5.65 Å². The number of nitrogens with zero attached hydrogens (tertiary/aromatic N) is 4. The molecular formula is C18H20ClFN5+. The number of amidine groups is 1. The van der Waals surface area contributed by atoms with Crippen molar-refractivity contribution in [2.24, 2.45) is 7.05 Å². The average Bonchev–Trinajstić information content (AvgIpc) is 3.30. The lowest BCUT2D eigenvalue weighted by Gasteiger charge is -2.19. The summed E-state index contributed by atoms with van der Waals surface area (Å²) in [4.78, 5) is 1.97. The Balaban J connectivity index is 1.65. The van der Waals surface area contributed by atoms with Gasteiger partial charge in [-0.25, -0.2) is 13.6 Å². The Labute approximate surface area is 150 Å². The zero-order valence-electron chi connectivity index (χ0n) is 14.0. The van der Waals surface area contributed by atoms with Crippen LogP contribution in [0.2, 0.25) is 5.02 Å². The fourth-order valence-electron chi connectivity index (χ4n) is 3.43. The number of aryl methyl sites for hydroxylation is 1. The van der Waals surface area contributed by atoms with Gasteiger partial charge in [0.1, 0.15) is 24.4 Å². The molecule has 7 heteroatoms. The van der Waals surface area contributed by atoms with Gasteiger partial charge < -0.3 is 4.90 Å². The van der Waals surface area contributed by atoms with Gasteiger partial charge >= 0.3 is 5.65 Å². The van der Waals surface area contributed by atoms with Crippen molar-refractivity contribution in [1.82, 2.24) is 14.1 Å². The van der Waals surface area contributed by atoms with Gasteiger partial charge in [0.05, 0.1) is 5.02 Å². The molecule has 0 bridgehead atoms. The molecule has 3 heterocycles. The van der Waals surface area contributed by atoms with Gasteiger partial charge in [-0.3, -0.25) is 5.41 Å². The van der Waals surface area contributed by atoms with E-state index in [2.05, 4.69) is 0 Å². The Morgan fingerprint density at radius 2 is 2.04 bits per heavy atom. The number of benzene rings is 1. The van der Waals surface area contributed by atoms with Gasteiger partial charge in [0.15, 0.2) is 6.20 Å². The average molecular weight is 361 g/mol. The molecule has 1 aliphatic heterocycles. The van der Waals surface area contributed by atoms with Crippen LogP contribution in [0.5, 0.6) is 0 Å². The molecule has 1 fully saturated rings. The van der Waals surface area contributed by atoms with Crippen LogP contribution in [-0.4, -0.2) is 33.0 Å². The molecular weight excluding hydrogens is 341 g/mol. The zero-order chi connectivity index (χ0) is 17.6. The first kappa shape index (κ1) is 16.1. The van der Waals surface area contributed by atoms with E-state index in [1.807, 2.05) is 50.4 Å². The first-order chi connectivity index (χ1) is 12.0. The van der Waals surface area contributed by atoms with Crippen LogP contribution in [0, 0.1) is 11.2 Å². The quantitative estimate of drug-likeness (QED) is 0.435. The third-order valence-electron chi connectivity index (χ3n) is 4.86. The normalized spacial score (nSPS) is 14.6. The van der Waals surface area contributed by atoms with Crippen molar-refractivity contribution in [3.63, 3.8) is 0 Å². The first-order valence-corrected chi connectivity index (χ1v) is 8.76. The standard InChI is InChI=1S/C18H20ClFN5/c1-22-7-4-17-24(8-9-25(17)22)12-14-15(19)10-13(11-16(14)20)18(21)23-5-2-3-6-23/h4,7-11,21H,2-3,5-6,12H2,1H3/q+1. The van der Waals surface area contributed by atoms with E-state index in [0.29, 0.717) is 28.5 Å². The number of hydrogen-bond acceptors (Lipinski definition) is 1. The van der Waals surface area contributed by atoms with Crippen molar-refractivity contribution in [3.8, 4) is 0 Å². The van der Waals surface area contributed by atoms with Crippen molar-refractivity contribution >= 4 is 23.1 Å². The van der Waals surface area contributed by atoms with Crippen molar-refractivity contribution in [2.75, 3.05) is 13.1 Å². The number of halogens is 2. The maximum absolute atomic E-state index is 14.7. The molecule has 1 saturated heterocycles. The highest BCUT2D eigenvalue weighted by Crippen LogP contribution is 2.24. The van der Waals surface area contributed by atoms with E-state index < -0.39 is 0 Å². The number of aromatic nitrogens is 3. The monoisotopic (exact) mass is 360 g/mol. The molecule has 0 aliphatic carbocycles. The number of imidazole rings is 1. The first-order valence-electron chi connectivity index (χ1n) is 8.38. The fraction of sp³-hybridized carbons (Fsp3) is 0.333. The maximum atomic E-state index is 14.7. The summed E-state index contributed by atoms with van der Waals surface area (Å²) in [6, 6.07) is 5.11. The van der Waals surface area contributed by atoms with Crippen LogP contribution in [-0.2, 0) is 13.6 Å². The summed E-state index contributed by atoms with van der Waals surface area (Å²) >= 11 is 6.38. The number of rotatable bonds is 3. The number of likely N-dealkylation sites (tertiary alicyclic amines) is 1. The lowest BCUT2D eigenvalue weighted by atomic mass is 10.1. The molecule has 0 radical (unpaired) electrons. The minimum Gasteiger partial charge on any atom is -0.357 e. The Bertz CT molecular complexity index is 929. The smallest absolute Gasteiger partial charge is 0.307 e. The molecule has 4 rings (SSSR count). The Morgan fingerprint density at radius 1 is 1.28 bits per heavy atom. The summed E-state index contributed by atoms with van der Waals surface area (Å²) in [5.74, 6) is -0.0129. The molecule has 0 spiro atoms. The fourth-order valence-corrected chi connectivity index (χ4v) is 3.70. The second-order valence-electron chi connectivity index (χ2n) is 6.48. The summed E-state index contributed by atoms with van der Waals surface area (Å²) in [6.45, 7) is 2.06. The van der Waals surface area contributed by atoms with Gasteiger partial charge in [-0.15, -0.1) is 4.52 Å². The maximum Gasteiger partial charge on any atom is 0.307 e. The van der Waals surface area contributed by atoms with Crippen LogP contribution in [0.4, 0.5) is 4.39 Å². The van der Waals surface area contributed by atoms with Gasteiger partial charge in [0.25, 0.3) is 0 Å². The third-order valence-corrected chi connectivity index (χ3v) is 5.20. The van der Waals surface area contributed by atoms with Crippen LogP contribution in [0.3, 0.4) is 0 Å². The third kappa shape index (κ3) is 2.80. The topological polar surface area (TPSA) is 40.3 Å². The van der Waals surface area contributed by atoms with Gasteiger partial charge in [-0.1, -0.05) is 11.6 Å². The molecule has 1 aromatic carbocycles. The van der Waals surface area contributed by atoms with Gasteiger partial charge in [0, 0.05) is 43.5 Å². The number of nitrogens with one attached hydrogen (secondary N) is 1. The largest absolute Gasteiger partial charge is 0.357 e. The van der Waals surface area contributed by atoms with E-state index in [-0.39, 0.29) is 5.82 Å². The van der Waals surface area contributed by atoms with E-state index in [4.69, 9.17) is 17.0 Å². The van der Waals surface area contributed by atoms with E-state index >= 15 is 0 Å². The summed E-state index contributed by atoms with van der Waals surface area (Å²) in [6.07, 6.45) is 7.94. The molecule has 25 heavy (non-hydrogen) atoms. The number of hydrogen-bond donors (Lipinski definition) is 1. The summed E-state index contributed by atoms with van der Waals surface area (Å²) in [5, 5.41) is 8.65. The van der Waals surface area contributed by atoms with Crippen molar-refractivity contribution in [3.05, 3.63) is 58.8 Å². The van der Waals surface area contributed by atoms with Crippen molar-refractivity contribution < 1.29 is 8.96 Å². The Morgan fingerprint density at radius 3 is 2.76 bits per heavy atom. The second-order valence-corrected chi connectivity index (χ2v) is 6.89. The Hall–Kier alpha value is -2.34. The van der Waals surface area contributed by atoms with E-state index in [1.165, 1.54) is 6.07 Å². The molecule has 3 aromatic rings. The van der Waals surface area contributed by atoms with Gasteiger partial charge in [-0.2, -0.15) is 0 Å². The van der Waals surface area contributed by atoms with Crippen molar-refractivity contribution in [1.29, 1.82) is 5.41 Å². The molecule has 0 saturated carbocycles. The lowest BCUT2D eigenvalue weighted by Crippen LogP contribution is -2.33. The zero-order valence-corrected chi connectivity index (χ0v) is 14.8. The molecule has 2 aromatic heterocycles. The van der Waals surface area contributed by atoms with Crippen LogP contribution in [0.1, 0.15) is 24.0 Å². The predicted molar refractivity (Wildman–Crippen MR) is 94.7 cm³/mol. The molecule has 130 valence electrons. The molecule has 0 atom stereocenters. The number of fused-ring (bicyclic) bond motifs is 1. The predicted octanol–water partition coefficient (Wildman–Crippen LogP) is 2.83. The summed E-state index contributed by atoms with van der Waals surface area (Å²) in [5.41, 5.74) is 1.95. The SMILES string of the molecule is Cn1ccc2n1cc[n+]2Cc1c(F)cc(C(=N)N2CCCC2)cc1Cl. The second kappa shape index (κ2) is 6.19. The molecule has 5 nitrogen and oxygen atoms in total. The van der Waals surface area contributed by atoms with E-state index in [1.54, 1.807) is 6.07 Å². The Kier molecular flexibility index (Phi) is 4.00. The molecule has 1 aliphatic rings. The highest BCUT2D eigenvalue weighted by molar-refractivity contribution is 6.31. The van der Waals surface area contributed by atoms with E-state index in [0.717, 1.165) is 31.6 Å². The lowest BCUT2D eigenvalue weighted by molar-refractivity contribution is -0.662. The van der Waals surface area contributed by atoms with Gasteiger partial charge in [-0.05, 0) is 25.0 Å². The molecule has 1 N–H and O–H groups in total. The van der Waals surface area contributed by atoms with E-state index in [9.17, 15) is 4.39 Å². The van der Waals surface area contributed by atoms with Crippen LogP contribution in [0.15, 0.2) is 36.8 Å². The summed E-state index contributed by atoms with van der Waals surface area (Å²) < 4.78 is 20.6. The highest BCUT2D eigenvalue weighted by Gasteiger charge is 2.21.